The van der Waals surface area contributed by atoms with E-state index in [-0.39, 0.29) is 17.7 Å². The molecule has 0 saturated heterocycles. The first-order valence-electron chi connectivity index (χ1n) is 10.3. The summed E-state index contributed by atoms with van der Waals surface area (Å²) < 4.78 is 11.4. The molecule has 0 bridgehead atoms. The second-order valence-corrected chi connectivity index (χ2v) is 7.30. The Kier molecular flexibility index (Phi) is 6.47. The quantitative estimate of drug-likeness (QED) is 0.494. The van der Waals surface area contributed by atoms with Crippen molar-refractivity contribution in [1.29, 1.82) is 0 Å². The molecule has 4 rings (SSSR count). The van der Waals surface area contributed by atoms with Crippen molar-refractivity contribution in [3.8, 4) is 11.5 Å². The summed E-state index contributed by atoms with van der Waals surface area (Å²) >= 11 is 0. The van der Waals surface area contributed by atoms with Gasteiger partial charge in [0.1, 0.15) is 24.7 Å². The molecule has 0 radical (unpaired) electrons. The van der Waals surface area contributed by atoms with Crippen molar-refractivity contribution in [1.82, 2.24) is 0 Å². The molecular weight excluding hydrogens is 392 g/mol. The van der Waals surface area contributed by atoms with Crippen molar-refractivity contribution >= 4 is 23.2 Å². The summed E-state index contributed by atoms with van der Waals surface area (Å²) in [5, 5.41) is 5.76. The third-order valence-electron chi connectivity index (χ3n) is 4.82. The Morgan fingerprint density at radius 1 is 0.774 bits per heavy atom. The second kappa shape index (κ2) is 9.80. The molecule has 158 valence electrons. The van der Waals surface area contributed by atoms with Crippen LogP contribution in [0.25, 0.3) is 0 Å². The second-order valence-electron chi connectivity index (χ2n) is 7.30. The minimum atomic E-state index is -0.287. The van der Waals surface area contributed by atoms with E-state index in [0.29, 0.717) is 35.9 Å². The van der Waals surface area contributed by atoms with Gasteiger partial charge in [0.15, 0.2) is 0 Å². The first kappa shape index (κ1) is 20.5. The lowest BCUT2D eigenvalue weighted by atomic mass is 10.1. The molecule has 0 atom stereocenters. The van der Waals surface area contributed by atoms with E-state index in [9.17, 15) is 9.59 Å². The highest BCUT2D eigenvalue weighted by Gasteiger charge is 2.29. The lowest BCUT2D eigenvalue weighted by Crippen LogP contribution is -2.16. The Morgan fingerprint density at radius 2 is 1.45 bits per heavy atom. The van der Waals surface area contributed by atoms with E-state index in [1.807, 2.05) is 36.4 Å². The van der Waals surface area contributed by atoms with Crippen molar-refractivity contribution in [2.24, 2.45) is 5.92 Å². The number of hydrogen-bond donors (Lipinski definition) is 2. The van der Waals surface area contributed by atoms with Crippen molar-refractivity contribution in [2.75, 3.05) is 23.8 Å². The van der Waals surface area contributed by atoms with Crippen LogP contribution < -0.4 is 20.1 Å². The van der Waals surface area contributed by atoms with Gasteiger partial charge in [-0.25, -0.2) is 0 Å². The van der Waals surface area contributed by atoms with Crippen LogP contribution in [0.15, 0.2) is 78.9 Å². The molecule has 2 N–H and O–H groups in total. The molecule has 6 nitrogen and oxygen atoms in total. The number of rotatable bonds is 9. The minimum Gasteiger partial charge on any atom is -0.490 e. The molecule has 0 heterocycles. The van der Waals surface area contributed by atoms with Gasteiger partial charge in [-0.3, -0.25) is 9.59 Å². The summed E-state index contributed by atoms with van der Waals surface area (Å²) in [7, 11) is 0. The fraction of sp³-hybridized carbons (Fsp3) is 0.200. The maximum atomic E-state index is 12.8. The first-order valence-corrected chi connectivity index (χ1v) is 10.3. The smallest absolute Gasteiger partial charge is 0.259 e. The fourth-order valence-electron chi connectivity index (χ4n) is 3.07. The zero-order chi connectivity index (χ0) is 21.5. The van der Waals surface area contributed by atoms with Crippen molar-refractivity contribution in [2.45, 2.75) is 12.8 Å². The number of benzene rings is 3. The summed E-state index contributed by atoms with van der Waals surface area (Å²) in [6.45, 7) is 0.671. The van der Waals surface area contributed by atoms with Gasteiger partial charge in [-0.05, 0) is 55.3 Å². The van der Waals surface area contributed by atoms with Crippen molar-refractivity contribution < 1.29 is 19.1 Å². The standard InChI is InChI=1S/C25H24N2O4/c28-24(18-13-14-18)26-19-7-6-8-20(17-19)27-25(29)22-11-4-5-12-23(22)31-16-15-30-21-9-2-1-3-10-21/h1-12,17-18H,13-16H2,(H,26,28)(H,27,29). The van der Waals surface area contributed by atoms with E-state index in [1.54, 1.807) is 42.5 Å². The van der Waals surface area contributed by atoms with E-state index >= 15 is 0 Å². The maximum Gasteiger partial charge on any atom is 0.259 e. The van der Waals surface area contributed by atoms with Gasteiger partial charge in [0.25, 0.3) is 5.91 Å². The molecule has 1 aliphatic carbocycles. The number of nitrogens with one attached hydrogen (secondary N) is 2. The predicted molar refractivity (Wildman–Crippen MR) is 120 cm³/mol. The van der Waals surface area contributed by atoms with E-state index < -0.39 is 0 Å². The Morgan fingerprint density at radius 3 is 2.23 bits per heavy atom. The van der Waals surface area contributed by atoms with Crippen molar-refractivity contribution in [3.63, 3.8) is 0 Å². The Labute approximate surface area is 181 Å². The average molecular weight is 416 g/mol. The van der Waals surface area contributed by atoms with Crippen LogP contribution in [0, 0.1) is 5.92 Å². The lowest BCUT2D eigenvalue weighted by molar-refractivity contribution is -0.117. The number of carbonyl (C=O) groups excluding carboxylic acids is 2. The number of anilines is 2. The van der Waals surface area contributed by atoms with Gasteiger partial charge in [-0.2, -0.15) is 0 Å². The molecule has 3 aromatic carbocycles. The molecule has 6 heteroatoms. The number of amides is 2. The zero-order valence-corrected chi connectivity index (χ0v) is 17.0. The van der Waals surface area contributed by atoms with Crippen LogP contribution in [0.4, 0.5) is 11.4 Å². The first-order chi connectivity index (χ1) is 15.2. The topological polar surface area (TPSA) is 76.7 Å². The molecule has 0 aromatic heterocycles. The third-order valence-corrected chi connectivity index (χ3v) is 4.82. The van der Waals surface area contributed by atoms with Crippen LogP contribution >= 0.6 is 0 Å². The van der Waals surface area contributed by atoms with Crippen molar-refractivity contribution in [3.05, 3.63) is 84.4 Å². The van der Waals surface area contributed by atoms with E-state index in [2.05, 4.69) is 10.6 Å². The largest absolute Gasteiger partial charge is 0.490 e. The van der Waals surface area contributed by atoms with E-state index in [4.69, 9.17) is 9.47 Å². The molecule has 31 heavy (non-hydrogen) atoms. The van der Waals surface area contributed by atoms with E-state index in [1.165, 1.54) is 0 Å². The maximum absolute atomic E-state index is 12.8. The summed E-state index contributed by atoms with van der Waals surface area (Å²) in [6, 6.07) is 23.7. The van der Waals surface area contributed by atoms with Crippen LogP contribution in [-0.2, 0) is 4.79 Å². The highest BCUT2D eigenvalue weighted by Crippen LogP contribution is 2.30. The molecule has 0 spiro atoms. The van der Waals surface area contributed by atoms with Crippen LogP contribution in [-0.4, -0.2) is 25.0 Å². The number of carbonyl (C=O) groups is 2. The normalized spacial score (nSPS) is 12.6. The molecule has 1 aliphatic rings. The van der Waals surface area contributed by atoms with Crippen LogP contribution in [0.2, 0.25) is 0 Å². The van der Waals surface area contributed by atoms with Gasteiger partial charge in [0.2, 0.25) is 5.91 Å². The Bertz CT molecular complexity index is 1050. The van der Waals surface area contributed by atoms with Gasteiger partial charge < -0.3 is 20.1 Å². The molecule has 3 aromatic rings. The van der Waals surface area contributed by atoms with Gasteiger partial charge in [-0.1, -0.05) is 36.4 Å². The predicted octanol–water partition coefficient (Wildman–Crippen LogP) is 4.75. The highest BCUT2D eigenvalue weighted by molar-refractivity contribution is 6.06. The summed E-state index contributed by atoms with van der Waals surface area (Å²) in [4.78, 5) is 24.8. The number of para-hydroxylation sites is 2. The van der Waals surface area contributed by atoms with Gasteiger partial charge in [0.05, 0.1) is 5.56 Å². The molecule has 1 fully saturated rings. The molecule has 0 unspecified atom stereocenters. The SMILES string of the molecule is O=C(Nc1cccc(NC(=O)C2CC2)c1)c1ccccc1OCCOc1ccccc1. The van der Waals surface area contributed by atoms with Gasteiger partial charge in [-0.15, -0.1) is 0 Å². The molecular formula is C25H24N2O4. The molecule has 1 saturated carbocycles. The van der Waals surface area contributed by atoms with Crippen LogP contribution in [0.1, 0.15) is 23.2 Å². The zero-order valence-electron chi connectivity index (χ0n) is 17.0. The highest BCUT2D eigenvalue weighted by atomic mass is 16.5. The van der Waals surface area contributed by atoms with Gasteiger partial charge >= 0.3 is 0 Å². The monoisotopic (exact) mass is 416 g/mol. The number of hydrogen-bond acceptors (Lipinski definition) is 4. The summed E-state index contributed by atoms with van der Waals surface area (Å²) in [5.41, 5.74) is 1.69. The van der Waals surface area contributed by atoms with Crippen LogP contribution in [0.5, 0.6) is 11.5 Å². The fourth-order valence-corrected chi connectivity index (χ4v) is 3.07. The Balaban J connectivity index is 1.34. The Hall–Kier alpha value is -3.80. The summed E-state index contributed by atoms with van der Waals surface area (Å²) in [6.07, 6.45) is 1.88. The average Bonchev–Trinajstić information content (AvgIpc) is 3.64. The molecule has 2 amide bonds. The molecule has 0 aliphatic heterocycles. The lowest BCUT2D eigenvalue weighted by Gasteiger charge is -2.13. The van der Waals surface area contributed by atoms with E-state index in [0.717, 1.165) is 18.6 Å². The van der Waals surface area contributed by atoms with Gasteiger partial charge in [0, 0.05) is 17.3 Å². The third kappa shape index (κ3) is 5.85. The van der Waals surface area contributed by atoms with Crippen LogP contribution in [0.3, 0.4) is 0 Å². The number of ether oxygens (including phenoxy) is 2. The minimum absolute atomic E-state index is 0.0277. The summed E-state index contributed by atoms with van der Waals surface area (Å²) in [5.74, 6) is 1.11.